The van der Waals surface area contributed by atoms with Gasteiger partial charge in [0.05, 0.1) is 0 Å². The van der Waals surface area contributed by atoms with Crippen LogP contribution in [0.3, 0.4) is 0 Å². The molecular weight excluding hydrogens is 804 g/mol. The number of benzene rings is 6. The summed E-state index contributed by atoms with van der Waals surface area (Å²) in [6, 6.07) is 39.7. The predicted octanol–water partition coefficient (Wildman–Crippen LogP) is 16.1. The van der Waals surface area contributed by atoms with Gasteiger partial charge >= 0.3 is 6.85 Å². The van der Waals surface area contributed by atoms with E-state index < -0.39 is 0 Å². The van der Waals surface area contributed by atoms with Crippen molar-refractivity contribution in [3.8, 4) is 11.1 Å². The highest BCUT2D eigenvalue weighted by Crippen LogP contribution is 2.56. The first-order valence-electron chi connectivity index (χ1n) is 24.8. The Labute approximate surface area is 393 Å². The van der Waals surface area contributed by atoms with E-state index >= 15 is 0 Å². The van der Waals surface area contributed by atoms with Gasteiger partial charge in [-0.1, -0.05) is 132 Å². The molecule has 3 aliphatic carbocycles. The number of rotatable bonds is 2. The van der Waals surface area contributed by atoms with Crippen LogP contribution in [-0.4, -0.2) is 6.85 Å². The maximum atomic E-state index is 2.82. The molecule has 0 amide bonds. The smallest absolute Gasteiger partial charge is 0.333 e. The molecule has 6 aromatic carbocycles. The molecule has 0 bridgehead atoms. The van der Waals surface area contributed by atoms with Gasteiger partial charge in [0, 0.05) is 54.2 Å². The number of hydrogen-bond acceptors (Lipinski definition) is 3. The molecule has 0 radical (unpaired) electrons. The fourth-order valence-electron chi connectivity index (χ4n) is 13.4. The van der Waals surface area contributed by atoms with Gasteiger partial charge in [0.15, 0.2) is 0 Å². The average molecular weight is 871 g/mol. The van der Waals surface area contributed by atoms with E-state index in [9.17, 15) is 0 Å². The molecule has 2 aliphatic heterocycles. The summed E-state index contributed by atoms with van der Waals surface area (Å²) in [5.74, 6) is 0. The Bertz CT molecular complexity index is 3210. The normalized spacial score (nSPS) is 21.0. The van der Waals surface area contributed by atoms with Gasteiger partial charge in [-0.25, -0.2) is 0 Å². The summed E-state index contributed by atoms with van der Waals surface area (Å²) < 4.78 is 2.70. The molecule has 0 atom stereocenters. The Hall–Kier alpha value is -4.80. The van der Waals surface area contributed by atoms with Crippen LogP contribution in [0.15, 0.2) is 97.1 Å². The topological polar surface area (TPSA) is 6.48 Å². The molecule has 1 aromatic heterocycles. The first-order chi connectivity index (χ1) is 30.6. The Kier molecular flexibility index (Phi) is 8.46. The van der Waals surface area contributed by atoms with Crippen LogP contribution >= 0.6 is 11.3 Å². The van der Waals surface area contributed by atoms with E-state index in [1.165, 1.54) is 148 Å². The lowest BCUT2D eigenvalue weighted by Crippen LogP contribution is -2.61. The lowest BCUT2D eigenvalue weighted by atomic mass is 9.43. The van der Waals surface area contributed by atoms with Crippen molar-refractivity contribution in [3.63, 3.8) is 0 Å². The maximum Gasteiger partial charge on any atom is 0.333 e. The predicted molar refractivity (Wildman–Crippen MR) is 284 cm³/mol. The Morgan fingerprint density at radius 3 is 1.63 bits per heavy atom. The summed E-state index contributed by atoms with van der Waals surface area (Å²) in [6.45, 7) is 32.1. The molecule has 5 aliphatic rings. The van der Waals surface area contributed by atoms with Crippen molar-refractivity contribution in [2.75, 3.05) is 9.71 Å². The van der Waals surface area contributed by atoms with E-state index in [-0.39, 0.29) is 39.3 Å². The van der Waals surface area contributed by atoms with Crippen LogP contribution in [-0.2, 0) is 32.5 Å². The highest BCUT2D eigenvalue weighted by molar-refractivity contribution is 7.26. The van der Waals surface area contributed by atoms with E-state index in [1.54, 1.807) is 0 Å². The van der Waals surface area contributed by atoms with Crippen molar-refractivity contribution in [1.29, 1.82) is 0 Å². The summed E-state index contributed by atoms with van der Waals surface area (Å²) in [5.41, 5.74) is 23.2. The van der Waals surface area contributed by atoms with Crippen molar-refractivity contribution in [1.82, 2.24) is 0 Å². The number of thiophene rings is 1. The Morgan fingerprint density at radius 2 is 0.985 bits per heavy atom. The van der Waals surface area contributed by atoms with E-state index in [1.807, 2.05) is 11.3 Å². The molecule has 0 saturated carbocycles. The van der Waals surface area contributed by atoms with Crippen LogP contribution < -0.4 is 20.6 Å². The van der Waals surface area contributed by atoms with Crippen LogP contribution in [0.5, 0.6) is 0 Å². The zero-order valence-corrected chi connectivity index (χ0v) is 42.2. The summed E-state index contributed by atoms with van der Waals surface area (Å²) in [7, 11) is 0. The minimum Gasteiger partial charge on any atom is -0.376 e. The lowest BCUT2D eigenvalue weighted by Gasteiger charge is -2.49. The lowest BCUT2D eigenvalue weighted by molar-refractivity contribution is 0.332. The van der Waals surface area contributed by atoms with Gasteiger partial charge in [-0.05, 0) is 182 Å². The van der Waals surface area contributed by atoms with Gasteiger partial charge < -0.3 is 9.71 Å². The second-order valence-corrected chi connectivity index (χ2v) is 26.1. The molecular formula is C61H67BN2S. The highest BCUT2D eigenvalue weighted by atomic mass is 32.1. The summed E-state index contributed by atoms with van der Waals surface area (Å²) >= 11 is 1.94. The van der Waals surface area contributed by atoms with E-state index in [0.717, 1.165) is 0 Å². The van der Waals surface area contributed by atoms with Gasteiger partial charge in [0.1, 0.15) is 0 Å². The largest absolute Gasteiger partial charge is 0.376 e. The molecule has 4 heteroatoms. The van der Waals surface area contributed by atoms with Gasteiger partial charge in [-0.3, -0.25) is 0 Å². The molecule has 330 valence electrons. The molecule has 12 rings (SSSR count). The van der Waals surface area contributed by atoms with Crippen molar-refractivity contribution in [2.24, 2.45) is 0 Å². The summed E-state index contributed by atoms with van der Waals surface area (Å²) in [4.78, 5) is 5.52. The van der Waals surface area contributed by atoms with Crippen LogP contribution in [0.25, 0.3) is 31.3 Å². The molecule has 2 nitrogen and oxygen atoms in total. The summed E-state index contributed by atoms with van der Waals surface area (Å²) in [5, 5.41) is 2.72. The number of hydrogen-bond donors (Lipinski definition) is 0. The minimum absolute atomic E-state index is 0.0353. The molecule has 0 saturated heterocycles. The number of nitrogens with zero attached hydrogens (tertiary/aromatic N) is 2. The van der Waals surface area contributed by atoms with Crippen LogP contribution in [0.1, 0.15) is 161 Å². The average Bonchev–Trinajstić information content (AvgIpc) is 3.62. The minimum atomic E-state index is -0.0353. The van der Waals surface area contributed by atoms with E-state index in [0.29, 0.717) is 0 Å². The fourth-order valence-corrected chi connectivity index (χ4v) is 14.5. The quantitative estimate of drug-likeness (QED) is 0.160. The first-order valence-corrected chi connectivity index (χ1v) is 25.6. The molecule has 65 heavy (non-hydrogen) atoms. The van der Waals surface area contributed by atoms with Crippen LogP contribution in [0.2, 0.25) is 0 Å². The first kappa shape index (κ1) is 41.6. The molecule has 3 heterocycles. The third-order valence-corrected chi connectivity index (χ3v) is 19.1. The standard InChI is InChI=1S/C61H67BN2S/c1-36-29-43-46(60(10,11)27-25-57(43,4)5)33-50(36)63-49-19-16-18-39-40-31-45-47(61(12,13)28-26-59(45,8)9)34-51(40)64(37-21-22-42-44(30-37)58(6,7)24-23-56(42,2)3)62(55(39)49)48-32-41-38-17-14-15-20-53(38)65-54(41)35-52(48)63/h14-22,29-35H,23-28H2,1-13H3. The van der Waals surface area contributed by atoms with Crippen molar-refractivity contribution < 1.29 is 0 Å². The molecule has 0 spiro atoms. The fraction of sp³-hybridized carbons (Fsp3) is 0.410. The maximum absolute atomic E-state index is 2.82. The summed E-state index contributed by atoms with van der Waals surface area (Å²) in [6.07, 6.45) is 7.18. The third-order valence-electron chi connectivity index (χ3n) is 18.0. The second-order valence-electron chi connectivity index (χ2n) is 25.0. The van der Waals surface area contributed by atoms with Crippen molar-refractivity contribution in [3.05, 3.63) is 136 Å². The molecule has 0 fully saturated rings. The number of anilines is 5. The van der Waals surface area contributed by atoms with Gasteiger partial charge in [0.2, 0.25) is 0 Å². The van der Waals surface area contributed by atoms with Crippen molar-refractivity contribution >= 4 is 77.7 Å². The van der Waals surface area contributed by atoms with Gasteiger partial charge in [0.25, 0.3) is 0 Å². The SMILES string of the molecule is Cc1cc2c(cc1N1c3cc4sc5ccccc5c4cc3B3c4c(cccc41)-c1cc4c(cc1N3c1ccc3c(c1)C(C)(C)CCC3(C)C)C(C)(C)CCC4(C)C)C(C)(C)CCC2(C)C. The van der Waals surface area contributed by atoms with Gasteiger partial charge in [-0.2, -0.15) is 0 Å². The molecule has 0 N–H and O–H groups in total. The van der Waals surface area contributed by atoms with Crippen LogP contribution in [0, 0.1) is 6.92 Å². The van der Waals surface area contributed by atoms with Crippen molar-refractivity contribution in [2.45, 2.75) is 161 Å². The van der Waals surface area contributed by atoms with Crippen LogP contribution in [0.4, 0.5) is 28.4 Å². The molecule has 0 unspecified atom stereocenters. The zero-order valence-electron chi connectivity index (χ0n) is 41.4. The zero-order chi connectivity index (χ0) is 45.5. The van der Waals surface area contributed by atoms with Gasteiger partial charge in [-0.15, -0.1) is 11.3 Å². The number of fused-ring (bicyclic) bond motifs is 10. The Morgan fingerprint density at radius 1 is 0.431 bits per heavy atom. The third kappa shape index (κ3) is 5.84. The second kappa shape index (κ2) is 13.2. The Balaban J connectivity index is 1.21. The molecule has 7 aromatic rings. The highest BCUT2D eigenvalue weighted by Gasteiger charge is 2.49. The monoisotopic (exact) mass is 871 g/mol. The van der Waals surface area contributed by atoms with E-state index in [2.05, 4.69) is 197 Å². The number of aryl methyl sites for hydroxylation is 1. The van der Waals surface area contributed by atoms with E-state index in [4.69, 9.17) is 0 Å².